The molecule has 1 saturated carbocycles. The molecule has 24 heavy (non-hydrogen) atoms. The maximum absolute atomic E-state index is 12.3. The number of nitrogens with one attached hydrogen (secondary N) is 1. The van der Waals surface area contributed by atoms with Gasteiger partial charge in [0, 0.05) is 24.4 Å². The Bertz CT molecular complexity index is 623. The Morgan fingerprint density at radius 1 is 1.12 bits per heavy atom. The van der Waals surface area contributed by atoms with Crippen molar-refractivity contribution in [2.75, 3.05) is 0 Å². The molecule has 3 rings (SSSR count). The predicted molar refractivity (Wildman–Crippen MR) is 90.1 cm³/mol. The van der Waals surface area contributed by atoms with Crippen molar-refractivity contribution in [3.8, 4) is 0 Å². The summed E-state index contributed by atoms with van der Waals surface area (Å²) in [5.41, 5.74) is 1.48. The van der Waals surface area contributed by atoms with Crippen molar-refractivity contribution in [2.24, 2.45) is 5.92 Å². The van der Waals surface area contributed by atoms with E-state index in [4.69, 9.17) is 0 Å². The fraction of sp³-hybridized carbons (Fsp3) is 0.526. The molecule has 0 radical (unpaired) electrons. The largest absolute Gasteiger partial charge is 0.349 e. The molecule has 1 aromatic carbocycles. The summed E-state index contributed by atoms with van der Waals surface area (Å²) in [7, 11) is 0. The molecule has 1 aromatic rings. The van der Waals surface area contributed by atoms with Crippen LogP contribution in [-0.4, -0.2) is 28.7 Å². The Balaban J connectivity index is 1.58. The lowest BCUT2D eigenvalue weighted by molar-refractivity contribution is -0.139. The van der Waals surface area contributed by atoms with Gasteiger partial charge in [0.2, 0.25) is 11.8 Å². The summed E-state index contributed by atoms with van der Waals surface area (Å²) < 4.78 is 0. The topological polar surface area (TPSA) is 66.5 Å². The van der Waals surface area contributed by atoms with Crippen molar-refractivity contribution in [1.82, 2.24) is 10.2 Å². The van der Waals surface area contributed by atoms with Crippen molar-refractivity contribution in [3.05, 3.63) is 35.4 Å². The lowest BCUT2D eigenvalue weighted by atomic mass is 9.87. The Morgan fingerprint density at radius 3 is 2.42 bits per heavy atom. The van der Waals surface area contributed by atoms with Gasteiger partial charge in [-0.2, -0.15) is 0 Å². The monoisotopic (exact) mass is 328 g/mol. The molecule has 2 unspecified atom stereocenters. The standard InChI is InChI=1S/C19H24N2O3/c1-13-3-2-4-16(11-13)20-19(24)15-7-5-14(6-8-15)12-21-17(22)9-10-18(21)23/h5-8,13,16H,2-4,9-12H2,1H3,(H,20,24). The van der Waals surface area contributed by atoms with E-state index in [1.807, 2.05) is 12.1 Å². The lowest BCUT2D eigenvalue weighted by Gasteiger charge is -2.27. The first kappa shape index (κ1) is 16.7. The normalized spacial score (nSPS) is 24.3. The minimum absolute atomic E-state index is 0.0472. The average molecular weight is 328 g/mol. The summed E-state index contributed by atoms with van der Waals surface area (Å²) in [5, 5.41) is 3.11. The molecular formula is C19H24N2O3. The van der Waals surface area contributed by atoms with Gasteiger partial charge >= 0.3 is 0 Å². The van der Waals surface area contributed by atoms with Crippen molar-refractivity contribution in [1.29, 1.82) is 0 Å². The summed E-state index contributed by atoms with van der Waals surface area (Å²) in [6.07, 6.45) is 5.12. The number of amides is 3. The molecule has 2 atom stereocenters. The van der Waals surface area contributed by atoms with Crippen LogP contribution in [0.2, 0.25) is 0 Å². The minimum atomic E-state index is -0.117. The highest BCUT2D eigenvalue weighted by Gasteiger charge is 2.28. The van der Waals surface area contributed by atoms with Gasteiger partial charge < -0.3 is 5.32 Å². The number of hydrogen-bond acceptors (Lipinski definition) is 3. The Kier molecular flexibility index (Phi) is 4.97. The fourth-order valence-electron chi connectivity index (χ4n) is 3.58. The number of likely N-dealkylation sites (tertiary alicyclic amines) is 1. The first-order valence-corrected chi connectivity index (χ1v) is 8.76. The second kappa shape index (κ2) is 7.16. The van der Waals surface area contributed by atoms with Crippen molar-refractivity contribution in [3.63, 3.8) is 0 Å². The zero-order valence-electron chi connectivity index (χ0n) is 14.1. The van der Waals surface area contributed by atoms with E-state index in [1.165, 1.54) is 17.7 Å². The van der Waals surface area contributed by atoms with Crippen LogP contribution in [-0.2, 0) is 16.1 Å². The van der Waals surface area contributed by atoms with Crippen molar-refractivity contribution >= 4 is 17.7 Å². The molecule has 3 amide bonds. The predicted octanol–water partition coefficient (Wildman–Crippen LogP) is 2.64. The van der Waals surface area contributed by atoms with Gasteiger partial charge in [0.1, 0.15) is 0 Å². The van der Waals surface area contributed by atoms with Gasteiger partial charge in [-0.15, -0.1) is 0 Å². The third kappa shape index (κ3) is 3.83. The molecule has 1 N–H and O–H groups in total. The van der Waals surface area contributed by atoms with Gasteiger partial charge in [-0.3, -0.25) is 19.3 Å². The molecule has 1 aliphatic heterocycles. The van der Waals surface area contributed by atoms with Crippen LogP contribution in [0.5, 0.6) is 0 Å². The van der Waals surface area contributed by atoms with E-state index in [2.05, 4.69) is 12.2 Å². The average Bonchev–Trinajstić information content (AvgIpc) is 2.87. The van der Waals surface area contributed by atoms with Crippen LogP contribution in [0.4, 0.5) is 0 Å². The van der Waals surface area contributed by atoms with Crippen LogP contribution in [0.15, 0.2) is 24.3 Å². The Morgan fingerprint density at radius 2 is 1.79 bits per heavy atom. The zero-order chi connectivity index (χ0) is 17.1. The molecule has 1 aliphatic carbocycles. The summed E-state index contributed by atoms with van der Waals surface area (Å²) in [6.45, 7) is 2.52. The molecule has 1 heterocycles. The quantitative estimate of drug-likeness (QED) is 0.864. The van der Waals surface area contributed by atoms with Gasteiger partial charge in [-0.25, -0.2) is 0 Å². The molecular weight excluding hydrogens is 304 g/mol. The third-order valence-corrected chi connectivity index (χ3v) is 4.98. The van der Waals surface area contributed by atoms with Gasteiger partial charge in [-0.05, 0) is 36.5 Å². The maximum Gasteiger partial charge on any atom is 0.251 e. The van der Waals surface area contributed by atoms with Crippen molar-refractivity contribution in [2.45, 2.75) is 58.0 Å². The molecule has 5 heteroatoms. The second-order valence-electron chi connectivity index (χ2n) is 7.01. The van der Waals surface area contributed by atoms with Gasteiger partial charge in [0.25, 0.3) is 5.91 Å². The van der Waals surface area contributed by atoms with Gasteiger partial charge in [-0.1, -0.05) is 31.9 Å². The minimum Gasteiger partial charge on any atom is -0.349 e. The van der Waals surface area contributed by atoms with E-state index in [0.29, 0.717) is 30.9 Å². The number of nitrogens with zero attached hydrogens (tertiary/aromatic N) is 1. The number of carbonyl (C=O) groups is 3. The SMILES string of the molecule is CC1CCCC(NC(=O)c2ccc(CN3C(=O)CCC3=O)cc2)C1. The van der Waals surface area contributed by atoms with Crippen LogP contribution >= 0.6 is 0 Å². The van der Waals surface area contributed by atoms with Crippen LogP contribution in [0.25, 0.3) is 0 Å². The van der Waals surface area contributed by atoms with E-state index in [1.54, 1.807) is 12.1 Å². The van der Waals surface area contributed by atoms with Gasteiger partial charge in [0.15, 0.2) is 0 Å². The highest BCUT2D eigenvalue weighted by atomic mass is 16.2. The van der Waals surface area contributed by atoms with Crippen LogP contribution in [0.3, 0.4) is 0 Å². The maximum atomic E-state index is 12.3. The molecule has 2 fully saturated rings. The van der Waals surface area contributed by atoms with Crippen molar-refractivity contribution < 1.29 is 14.4 Å². The van der Waals surface area contributed by atoms with E-state index >= 15 is 0 Å². The molecule has 128 valence electrons. The van der Waals surface area contributed by atoms with E-state index in [-0.39, 0.29) is 23.8 Å². The van der Waals surface area contributed by atoms with Gasteiger partial charge in [0.05, 0.1) is 6.54 Å². The molecule has 0 bridgehead atoms. The number of benzene rings is 1. The Hall–Kier alpha value is -2.17. The van der Waals surface area contributed by atoms with E-state index in [9.17, 15) is 14.4 Å². The summed E-state index contributed by atoms with van der Waals surface area (Å²) in [6, 6.07) is 7.43. The summed E-state index contributed by atoms with van der Waals surface area (Å²) >= 11 is 0. The number of rotatable bonds is 4. The number of hydrogen-bond donors (Lipinski definition) is 1. The second-order valence-corrected chi connectivity index (χ2v) is 7.01. The Labute approximate surface area is 142 Å². The highest BCUT2D eigenvalue weighted by Crippen LogP contribution is 2.24. The first-order chi connectivity index (χ1) is 11.5. The summed E-state index contributed by atoms with van der Waals surface area (Å²) in [4.78, 5) is 36.9. The molecule has 1 saturated heterocycles. The van der Waals surface area contributed by atoms with Crippen LogP contribution in [0.1, 0.15) is 61.4 Å². The molecule has 0 spiro atoms. The van der Waals surface area contributed by atoms with Crippen LogP contribution < -0.4 is 5.32 Å². The number of imide groups is 1. The zero-order valence-corrected chi connectivity index (χ0v) is 14.1. The highest BCUT2D eigenvalue weighted by molar-refractivity contribution is 6.01. The molecule has 5 nitrogen and oxygen atoms in total. The first-order valence-electron chi connectivity index (χ1n) is 8.76. The summed E-state index contributed by atoms with van der Waals surface area (Å²) in [5.74, 6) is 0.386. The van der Waals surface area contributed by atoms with E-state index < -0.39 is 0 Å². The third-order valence-electron chi connectivity index (χ3n) is 4.98. The van der Waals surface area contributed by atoms with E-state index in [0.717, 1.165) is 18.4 Å². The van der Waals surface area contributed by atoms with Crippen LogP contribution in [0, 0.1) is 5.92 Å². The smallest absolute Gasteiger partial charge is 0.251 e. The molecule has 0 aromatic heterocycles. The fourth-order valence-corrected chi connectivity index (χ4v) is 3.58. The lowest BCUT2D eigenvalue weighted by Crippen LogP contribution is -2.38. The number of carbonyl (C=O) groups excluding carboxylic acids is 3. The molecule has 2 aliphatic rings.